The predicted octanol–water partition coefficient (Wildman–Crippen LogP) is 2.72. The van der Waals surface area contributed by atoms with E-state index in [9.17, 15) is 4.79 Å². The number of carboxylic acids is 1. The monoisotopic (exact) mass is 280 g/mol. The smallest absolute Gasteiger partial charge is 0.303 e. The summed E-state index contributed by atoms with van der Waals surface area (Å²) < 4.78 is 5.45. The van der Waals surface area contributed by atoms with E-state index in [0.29, 0.717) is 36.1 Å². The molecule has 0 saturated carbocycles. The van der Waals surface area contributed by atoms with Crippen LogP contribution >= 0.6 is 11.6 Å². The number of aliphatic carboxylic acids is 1. The molecule has 0 aliphatic heterocycles. The average Bonchev–Trinajstić information content (AvgIpc) is 2.76. The van der Waals surface area contributed by atoms with Crippen molar-refractivity contribution < 1.29 is 14.3 Å². The second-order valence-corrected chi connectivity index (χ2v) is 4.58. The Hall–Kier alpha value is -1.88. The van der Waals surface area contributed by atoms with Gasteiger partial charge in [0.2, 0.25) is 11.8 Å². The lowest BCUT2D eigenvalue weighted by Gasteiger charge is -1.97. The third kappa shape index (κ3) is 4.37. The van der Waals surface area contributed by atoms with Crippen molar-refractivity contribution in [3.05, 3.63) is 46.6 Å². The van der Waals surface area contributed by atoms with E-state index in [1.54, 1.807) is 6.07 Å². The van der Waals surface area contributed by atoms with Crippen LogP contribution < -0.4 is 0 Å². The van der Waals surface area contributed by atoms with Crippen LogP contribution in [0.1, 0.15) is 30.2 Å². The third-order valence-corrected chi connectivity index (χ3v) is 2.77. The Labute approximate surface area is 115 Å². The highest BCUT2D eigenvalue weighted by Crippen LogP contribution is 2.14. The molecule has 0 saturated heterocycles. The molecule has 0 bridgehead atoms. The van der Waals surface area contributed by atoms with Crippen molar-refractivity contribution in [2.24, 2.45) is 0 Å². The average molecular weight is 281 g/mol. The minimum Gasteiger partial charge on any atom is -0.481 e. The number of aryl methyl sites for hydroxylation is 1. The van der Waals surface area contributed by atoms with Crippen LogP contribution in [-0.4, -0.2) is 21.3 Å². The maximum absolute atomic E-state index is 10.4. The first-order valence-electron chi connectivity index (χ1n) is 5.91. The highest BCUT2D eigenvalue weighted by Gasteiger charge is 2.08. The maximum Gasteiger partial charge on any atom is 0.303 e. The standard InChI is InChI=1S/C13H13ClN2O3/c14-10-4-1-3-9(7-10)8-12-16-15-11(19-12)5-2-6-13(17)18/h1,3-4,7H,2,5-6,8H2,(H,17,18). The highest BCUT2D eigenvalue weighted by molar-refractivity contribution is 6.30. The van der Waals surface area contributed by atoms with Crippen molar-refractivity contribution in [1.29, 1.82) is 0 Å². The summed E-state index contributed by atoms with van der Waals surface area (Å²) in [5.41, 5.74) is 0.994. The molecular formula is C13H13ClN2O3. The number of nitrogens with zero attached hydrogens (tertiary/aromatic N) is 2. The molecular weight excluding hydrogens is 268 g/mol. The predicted molar refractivity (Wildman–Crippen MR) is 69.1 cm³/mol. The fourth-order valence-electron chi connectivity index (χ4n) is 1.67. The third-order valence-electron chi connectivity index (χ3n) is 2.53. The number of hydrogen-bond donors (Lipinski definition) is 1. The van der Waals surface area contributed by atoms with Gasteiger partial charge in [0.15, 0.2) is 0 Å². The molecule has 19 heavy (non-hydrogen) atoms. The normalized spacial score (nSPS) is 10.6. The van der Waals surface area contributed by atoms with Crippen LogP contribution in [0, 0.1) is 0 Å². The summed E-state index contributed by atoms with van der Waals surface area (Å²) in [7, 11) is 0. The Morgan fingerprint density at radius 3 is 2.84 bits per heavy atom. The summed E-state index contributed by atoms with van der Waals surface area (Å²) in [5.74, 6) is 0.157. The van der Waals surface area contributed by atoms with Crippen LogP contribution in [-0.2, 0) is 17.6 Å². The molecule has 0 amide bonds. The summed E-state index contributed by atoms with van der Waals surface area (Å²) >= 11 is 5.89. The number of rotatable bonds is 6. The zero-order chi connectivity index (χ0) is 13.7. The fourth-order valence-corrected chi connectivity index (χ4v) is 1.89. The summed E-state index contributed by atoms with van der Waals surface area (Å²) in [6.07, 6.45) is 1.60. The van der Waals surface area contributed by atoms with Gasteiger partial charge in [0, 0.05) is 17.9 Å². The SMILES string of the molecule is O=C(O)CCCc1nnc(Cc2cccc(Cl)c2)o1. The van der Waals surface area contributed by atoms with Crippen molar-refractivity contribution in [1.82, 2.24) is 10.2 Å². The van der Waals surface area contributed by atoms with Gasteiger partial charge in [-0.15, -0.1) is 10.2 Å². The van der Waals surface area contributed by atoms with E-state index in [2.05, 4.69) is 10.2 Å². The first-order valence-corrected chi connectivity index (χ1v) is 6.29. The molecule has 1 N–H and O–H groups in total. The quantitative estimate of drug-likeness (QED) is 0.880. The van der Waals surface area contributed by atoms with Crippen LogP contribution in [0.5, 0.6) is 0 Å². The van der Waals surface area contributed by atoms with Crippen molar-refractivity contribution in [2.45, 2.75) is 25.7 Å². The lowest BCUT2D eigenvalue weighted by Crippen LogP contribution is -1.95. The van der Waals surface area contributed by atoms with Crippen LogP contribution in [0.4, 0.5) is 0 Å². The molecule has 0 unspecified atom stereocenters. The number of aromatic nitrogens is 2. The molecule has 1 aromatic heterocycles. The fraction of sp³-hybridized carbons (Fsp3) is 0.308. The summed E-state index contributed by atoms with van der Waals surface area (Å²) in [6.45, 7) is 0. The molecule has 100 valence electrons. The molecule has 0 aliphatic rings. The van der Waals surface area contributed by atoms with Crippen LogP contribution in [0.2, 0.25) is 5.02 Å². The molecule has 1 heterocycles. The molecule has 2 rings (SSSR count). The van der Waals surface area contributed by atoms with Crippen molar-refractivity contribution in [3.63, 3.8) is 0 Å². The van der Waals surface area contributed by atoms with Gasteiger partial charge in [-0.3, -0.25) is 4.79 Å². The lowest BCUT2D eigenvalue weighted by molar-refractivity contribution is -0.137. The van der Waals surface area contributed by atoms with Crippen LogP contribution in [0.25, 0.3) is 0 Å². The molecule has 5 nitrogen and oxygen atoms in total. The first-order chi connectivity index (χ1) is 9.13. The molecule has 0 fully saturated rings. The number of carbonyl (C=O) groups is 1. The minimum atomic E-state index is -0.821. The summed E-state index contributed by atoms with van der Waals surface area (Å²) in [6, 6.07) is 7.44. The Bertz CT molecular complexity index is 569. The van der Waals surface area contributed by atoms with E-state index in [4.69, 9.17) is 21.1 Å². The number of benzene rings is 1. The number of hydrogen-bond acceptors (Lipinski definition) is 4. The second kappa shape index (κ2) is 6.33. The van der Waals surface area contributed by atoms with E-state index >= 15 is 0 Å². The summed E-state index contributed by atoms with van der Waals surface area (Å²) in [4.78, 5) is 10.4. The van der Waals surface area contributed by atoms with Gasteiger partial charge < -0.3 is 9.52 Å². The van der Waals surface area contributed by atoms with E-state index in [-0.39, 0.29) is 6.42 Å². The molecule has 0 radical (unpaired) electrons. The van der Waals surface area contributed by atoms with Gasteiger partial charge in [-0.2, -0.15) is 0 Å². The number of halogens is 1. The zero-order valence-electron chi connectivity index (χ0n) is 10.2. The van der Waals surface area contributed by atoms with Gasteiger partial charge in [0.1, 0.15) is 0 Å². The topological polar surface area (TPSA) is 76.2 Å². The highest BCUT2D eigenvalue weighted by atomic mass is 35.5. The van der Waals surface area contributed by atoms with E-state index in [0.717, 1.165) is 5.56 Å². The minimum absolute atomic E-state index is 0.103. The Morgan fingerprint density at radius 1 is 1.32 bits per heavy atom. The van der Waals surface area contributed by atoms with E-state index in [1.807, 2.05) is 18.2 Å². The van der Waals surface area contributed by atoms with Gasteiger partial charge in [-0.25, -0.2) is 0 Å². The van der Waals surface area contributed by atoms with Gasteiger partial charge in [-0.1, -0.05) is 23.7 Å². The van der Waals surface area contributed by atoms with Crippen LogP contribution in [0.15, 0.2) is 28.7 Å². The maximum atomic E-state index is 10.4. The largest absolute Gasteiger partial charge is 0.481 e. The first kappa shape index (κ1) is 13.5. The van der Waals surface area contributed by atoms with Crippen molar-refractivity contribution in [3.8, 4) is 0 Å². The molecule has 2 aromatic rings. The van der Waals surface area contributed by atoms with Gasteiger partial charge in [-0.05, 0) is 24.1 Å². The van der Waals surface area contributed by atoms with E-state index < -0.39 is 5.97 Å². The zero-order valence-corrected chi connectivity index (χ0v) is 10.9. The molecule has 0 atom stereocenters. The second-order valence-electron chi connectivity index (χ2n) is 4.14. The number of carboxylic acid groups (broad SMARTS) is 1. The van der Waals surface area contributed by atoms with Crippen molar-refractivity contribution >= 4 is 17.6 Å². The molecule has 1 aromatic carbocycles. The Kier molecular flexibility index (Phi) is 4.52. The van der Waals surface area contributed by atoms with Crippen LogP contribution in [0.3, 0.4) is 0 Å². The molecule has 0 spiro atoms. The van der Waals surface area contributed by atoms with Crippen molar-refractivity contribution in [2.75, 3.05) is 0 Å². The Balaban J connectivity index is 1.92. The molecule has 0 aliphatic carbocycles. The summed E-state index contributed by atoms with van der Waals surface area (Å²) in [5, 5.41) is 17.0. The lowest BCUT2D eigenvalue weighted by atomic mass is 10.1. The molecule has 6 heteroatoms. The van der Waals surface area contributed by atoms with Gasteiger partial charge >= 0.3 is 5.97 Å². The Morgan fingerprint density at radius 2 is 2.11 bits per heavy atom. The van der Waals surface area contributed by atoms with Gasteiger partial charge in [0.05, 0.1) is 6.42 Å². The van der Waals surface area contributed by atoms with E-state index in [1.165, 1.54) is 0 Å². The van der Waals surface area contributed by atoms with Gasteiger partial charge in [0.25, 0.3) is 0 Å².